The highest BCUT2D eigenvalue weighted by Gasteiger charge is 2.19. The third kappa shape index (κ3) is 2.85. The van der Waals surface area contributed by atoms with Crippen LogP contribution in [0.1, 0.15) is 18.1 Å². The van der Waals surface area contributed by atoms with Gasteiger partial charge in [0.25, 0.3) is 0 Å². The molecule has 1 aromatic carbocycles. The molecule has 0 unspecified atom stereocenters. The van der Waals surface area contributed by atoms with E-state index in [-0.39, 0.29) is 10.6 Å². The third-order valence-corrected chi connectivity index (χ3v) is 5.21. The van der Waals surface area contributed by atoms with Crippen molar-refractivity contribution in [1.29, 1.82) is 0 Å². The average molecular weight is 305 g/mol. The molecule has 3 aromatic rings. The summed E-state index contributed by atoms with van der Waals surface area (Å²) in [5, 5.41) is 0. The summed E-state index contributed by atoms with van der Waals surface area (Å²) in [6, 6.07) is 8.97. The van der Waals surface area contributed by atoms with Crippen LogP contribution in [0.2, 0.25) is 0 Å². The number of sulfone groups is 1. The first-order valence-corrected chi connectivity index (χ1v) is 8.33. The van der Waals surface area contributed by atoms with Gasteiger partial charge >= 0.3 is 0 Å². The number of aromatic nitrogens is 1. The lowest BCUT2D eigenvalue weighted by molar-refractivity contribution is 0.519. The van der Waals surface area contributed by atoms with Gasteiger partial charge in [-0.1, -0.05) is 12.1 Å². The molecule has 21 heavy (non-hydrogen) atoms. The number of hydrogen-bond acceptors (Lipinski definition) is 5. The van der Waals surface area contributed by atoms with E-state index in [2.05, 4.69) is 4.98 Å². The van der Waals surface area contributed by atoms with Crippen LogP contribution >= 0.6 is 0 Å². The standard InChI is InChI=1S/C15H15NO4S/c1-11-14(8-9-19-11)21(17,18)10-4-7-15-16-12-5-2-3-6-13(12)20-15/h2-3,5-6,8-9H,4,7,10H2,1H3. The number of aryl methyl sites for hydroxylation is 2. The molecular formula is C15H15NO4S. The summed E-state index contributed by atoms with van der Waals surface area (Å²) in [5.74, 6) is 1.04. The molecule has 0 aliphatic rings. The molecule has 0 atom stereocenters. The van der Waals surface area contributed by atoms with E-state index in [1.165, 1.54) is 12.3 Å². The van der Waals surface area contributed by atoms with Crippen LogP contribution in [-0.2, 0) is 16.3 Å². The second-order valence-electron chi connectivity index (χ2n) is 4.84. The van der Waals surface area contributed by atoms with Gasteiger partial charge < -0.3 is 8.83 Å². The monoisotopic (exact) mass is 305 g/mol. The Labute approximate surface area is 122 Å². The van der Waals surface area contributed by atoms with E-state index in [1.54, 1.807) is 6.92 Å². The highest BCUT2D eigenvalue weighted by atomic mass is 32.2. The summed E-state index contributed by atoms with van der Waals surface area (Å²) in [4.78, 5) is 4.60. The molecule has 0 aliphatic heterocycles. The summed E-state index contributed by atoms with van der Waals surface area (Å²) < 4.78 is 34.9. The van der Waals surface area contributed by atoms with Gasteiger partial charge in [-0.2, -0.15) is 0 Å². The maximum absolute atomic E-state index is 12.2. The predicted molar refractivity (Wildman–Crippen MR) is 77.8 cm³/mol. The lowest BCUT2D eigenvalue weighted by Gasteiger charge is -2.01. The molecule has 0 amide bonds. The van der Waals surface area contributed by atoms with Crippen LogP contribution in [0.15, 0.2) is 50.3 Å². The summed E-state index contributed by atoms with van der Waals surface area (Å²) in [5.41, 5.74) is 1.52. The molecule has 5 nitrogen and oxygen atoms in total. The Kier molecular flexibility index (Phi) is 3.55. The zero-order valence-electron chi connectivity index (χ0n) is 11.6. The quantitative estimate of drug-likeness (QED) is 0.724. The number of oxazole rings is 1. The first-order chi connectivity index (χ1) is 10.1. The molecular weight excluding hydrogens is 290 g/mol. The summed E-state index contributed by atoms with van der Waals surface area (Å²) >= 11 is 0. The van der Waals surface area contributed by atoms with E-state index in [1.807, 2.05) is 24.3 Å². The number of hydrogen-bond donors (Lipinski definition) is 0. The fourth-order valence-corrected chi connectivity index (χ4v) is 3.74. The summed E-state index contributed by atoms with van der Waals surface area (Å²) in [6.07, 6.45) is 2.34. The minimum absolute atomic E-state index is 0.0477. The third-order valence-electron chi connectivity index (χ3n) is 3.29. The Bertz CT molecular complexity index is 828. The van der Waals surface area contributed by atoms with E-state index in [9.17, 15) is 8.42 Å². The van der Waals surface area contributed by atoms with Crippen molar-refractivity contribution in [2.24, 2.45) is 0 Å². The molecule has 2 heterocycles. The molecule has 2 aromatic heterocycles. The van der Waals surface area contributed by atoms with Crippen LogP contribution < -0.4 is 0 Å². The van der Waals surface area contributed by atoms with Gasteiger partial charge in [0, 0.05) is 6.42 Å². The molecule has 0 N–H and O–H groups in total. The highest BCUT2D eigenvalue weighted by molar-refractivity contribution is 7.91. The van der Waals surface area contributed by atoms with Gasteiger partial charge in [-0.25, -0.2) is 13.4 Å². The number of para-hydroxylation sites is 2. The molecule has 0 bridgehead atoms. The van der Waals surface area contributed by atoms with Gasteiger partial charge in [-0.3, -0.25) is 0 Å². The van der Waals surface area contributed by atoms with Crippen molar-refractivity contribution in [2.75, 3.05) is 5.75 Å². The van der Waals surface area contributed by atoms with Crippen molar-refractivity contribution in [3.8, 4) is 0 Å². The van der Waals surface area contributed by atoms with E-state index >= 15 is 0 Å². The first kappa shape index (κ1) is 13.9. The van der Waals surface area contributed by atoms with Crippen LogP contribution in [0.3, 0.4) is 0 Å². The van der Waals surface area contributed by atoms with Crippen molar-refractivity contribution >= 4 is 20.9 Å². The molecule has 0 fully saturated rings. The van der Waals surface area contributed by atoms with Crippen LogP contribution in [-0.4, -0.2) is 19.2 Å². The number of fused-ring (bicyclic) bond motifs is 1. The van der Waals surface area contributed by atoms with Gasteiger partial charge in [0.1, 0.15) is 16.2 Å². The maximum Gasteiger partial charge on any atom is 0.195 e. The van der Waals surface area contributed by atoms with Crippen molar-refractivity contribution in [3.63, 3.8) is 0 Å². The predicted octanol–water partition coefficient (Wildman–Crippen LogP) is 3.14. The zero-order valence-corrected chi connectivity index (χ0v) is 12.4. The fourth-order valence-electron chi connectivity index (χ4n) is 2.25. The van der Waals surface area contributed by atoms with Gasteiger partial charge in [-0.15, -0.1) is 0 Å². The van der Waals surface area contributed by atoms with Gasteiger partial charge in [0.2, 0.25) is 0 Å². The largest absolute Gasteiger partial charge is 0.468 e. The number of benzene rings is 1. The molecule has 0 saturated carbocycles. The van der Waals surface area contributed by atoms with Crippen LogP contribution in [0, 0.1) is 6.92 Å². The molecule has 0 saturated heterocycles. The number of rotatable bonds is 5. The molecule has 110 valence electrons. The second kappa shape index (κ2) is 5.37. The van der Waals surface area contributed by atoms with E-state index in [0.29, 0.717) is 24.5 Å². The van der Waals surface area contributed by atoms with E-state index < -0.39 is 9.84 Å². The van der Waals surface area contributed by atoms with Crippen molar-refractivity contribution in [2.45, 2.75) is 24.7 Å². The fraction of sp³-hybridized carbons (Fsp3) is 0.267. The van der Waals surface area contributed by atoms with Crippen molar-refractivity contribution < 1.29 is 17.3 Å². The molecule has 0 aliphatic carbocycles. The Balaban J connectivity index is 1.67. The van der Waals surface area contributed by atoms with Crippen molar-refractivity contribution in [1.82, 2.24) is 4.98 Å². The summed E-state index contributed by atoms with van der Waals surface area (Å²) in [6.45, 7) is 1.65. The normalized spacial score (nSPS) is 12.0. The highest BCUT2D eigenvalue weighted by Crippen LogP contribution is 2.20. The molecule has 0 radical (unpaired) electrons. The van der Waals surface area contributed by atoms with E-state index in [0.717, 1.165) is 11.1 Å². The Morgan fingerprint density at radius 2 is 2.00 bits per heavy atom. The van der Waals surface area contributed by atoms with Crippen LogP contribution in [0.4, 0.5) is 0 Å². The topological polar surface area (TPSA) is 73.3 Å². The Hall–Kier alpha value is -2.08. The zero-order chi connectivity index (χ0) is 14.9. The minimum Gasteiger partial charge on any atom is -0.468 e. The maximum atomic E-state index is 12.2. The lowest BCUT2D eigenvalue weighted by Crippen LogP contribution is -2.08. The van der Waals surface area contributed by atoms with Crippen molar-refractivity contribution in [3.05, 3.63) is 48.2 Å². The molecule has 6 heteroatoms. The van der Waals surface area contributed by atoms with Gasteiger partial charge in [0.05, 0.1) is 12.0 Å². The Morgan fingerprint density at radius 1 is 1.19 bits per heavy atom. The lowest BCUT2D eigenvalue weighted by atomic mass is 10.3. The van der Waals surface area contributed by atoms with Crippen LogP contribution in [0.25, 0.3) is 11.1 Å². The van der Waals surface area contributed by atoms with E-state index in [4.69, 9.17) is 8.83 Å². The Morgan fingerprint density at radius 3 is 2.71 bits per heavy atom. The number of furan rings is 1. The summed E-state index contributed by atoms with van der Waals surface area (Å²) in [7, 11) is -3.31. The first-order valence-electron chi connectivity index (χ1n) is 6.67. The SMILES string of the molecule is Cc1occc1S(=O)(=O)CCCc1nc2ccccc2o1. The molecule has 3 rings (SSSR count). The van der Waals surface area contributed by atoms with Crippen LogP contribution in [0.5, 0.6) is 0 Å². The van der Waals surface area contributed by atoms with Gasteiger partial charge in [0.15, 0.2) is 21.3 Å². The molecule has 0 spiro atoms. The van der Waals surface area contributed by atoms with Gasteiger partial charge in [-0.05, 0) is 31.5 Å². The number of nitrogens with zero attached hydrogens (tertiary/aromatic N) is 1. The second-order valence-corrected chi connectivity index (χ2v) is 6.92. The average Bonchev–Trinajstić information content (AvgIpc) is 3.04. The smallest absolute Gasteiger partial charge is 0.195 e. The minimum atomic E-state index is -3.31.